The summed E-state index contributed by atoms with van der Waals surface area (Å²) in [6.07, 6.45) is 4.43. The Bertz CT molecular complexity index is 877. The maximum absolute atomic E-state index is 11.1. The fourth-order valence-corrected chi connectivity index (χ4v) is 2.14. The number of pyridine rings is 1. The molecular weight excluding hydrogens is 398 g/mol. The molecule has 29 heavy (non-hydrogen) atoms. The van der Waals surface area contributed by atoms with E-state index in [1.807, 2.05) is 18.2 Å². The zero-order valence-electron chi connectivity index (χ0n) is 16.7. The van der Waals surface area contributed by atoms with Crippen LogP contribution in [0, 0.1) is 0 Å². The Morgan fingerprint density at radius 2 is 1.93 bits per heavy atom. The Balaban J connectivity index is 0.000000749. The third-order valence-corrected chi connectivity index (χ3v) is 3.50. The fraction of sp³-hybridized carbons (Fsp3) is 0.368. The molecule has 0 aliphatic heterocycles. The number of ether oxygens (including phenoxy) is 2. The predicted molar refractivity (Wildman–Crippen MR) is 110 cm³/mol. The fourth-order valence-electron chi connectivity index (χ4n) is 2.14. The average molecular weight is 426 g/mol. The van der Waals surface area contributed by atoms with Crippen LogP contribution in [0.1, 0.15) is 35.7 Å². The minimum atomic E-state index is -3.67. The van der Waals surface area contributed by atoms with E-state index in [-0.39, 0.29) is 0 Å². The number of methoxy groups -OCH3 is 1. The second kappa shape index (κ2) is 12.0. The minimum Gasteiger partial charge on any atom is -0.493 e. The predicted octanol–water partition coefficient (Wildman–Crippen LogP) is 2.38. The lowest BCUT2D eigenvalue weighted by Gasteiger charge is -2.12. The van der Waals surface area contributed by atoms with Crippen molar-refractivity contribution in [1.82, 2.24) is 10.3 Å². The van der Waals surface area contributed by atoms with Crippen molar-refractivity contribution in [2.24, 2.45) is 5.73 Å². The van der Waals surface area contributed by atoms with E-state index in [9.17, 15) is 13.2 Å². The van der Waals surface area contributed by atoms with Crippen molar-refractivity contribution in [3.8, 4) is 17.4 Å². The van der Waals surface area contributed by atoms with Crippen molar-refractivity contribution in [3.05, 3.63) is 47.7 Å². The van der Waals surface area contributed by atoms with Gasteiger partial charge in [0.2, 0.25) is 11.8 Å². The van der Waals surface area contributed by atoms with E-state index in [0.717, 1.165) is 25.1 Å². The molecule has 2 rings (SSSR count). The molecule has 10 heteroatoms. The maximum Gasteiger partial charge on any atom is 0.261 e. The number of carbonyl (C=O) groups is 1. The molecule has 0 saturated carbocycles. The molecule has 1 amide bonds. The van der Waals surface area contributed by atoms with Crippen molar-refractivity contribution in [2.75, 3.05) is 19.9 Å². The lowest BCUT2D eigenvalue weighted by molar-refractivity contribution is 0.1000. The molecule has 0 aliphatic carbocycles. The van der Waals surface area contributed by atoms with Crippen LogP contribution in [0.15, 0.2) is 36.5 Å². The molecule has 1 aromatic heterocycles. The number of rotatable bonds is 9. The maximum atomic E-state index is 11.1. The van der Waals surface area contributed by atoms with Crippen molar-refractivity contribution in [1.29, 1.82) is 0 Å². The topological polar surface area (TPSA) is 141 Å². The quantitative estimate of drug-likeness (QED) is 0.411. The van der Waals surface area contributed by atoms with Crippen LogP contribution in [0.25, 0.3) is 0 Å². The van der Waals surface area contributed by atoms with Gasteiger partial charge in [0.05, 0.1) is 18.9 Å². The van der Waals surface area contributed by atoms with Gasteiger partial charge >= 0.3 is 0 Å². The molecule has 160 valence electrons. The zero-order chi connectivity index (χ0) is 21.9. The molecule has 0 spiro atoms. The van der Waals surface area contributed by atoms with Crippen LogP contribution in [-0.2, 0) is 16.7 Å². The third-order valence-electron chi connectivity index (χ3n) is 3.50. The molecule has 0 unspecified atom stereocenters. The summed E-state index contributed by atoms with van der Waals surface area (Å²) in [5, 5.41) is 3.39. The summed E-state index contributed by atoms with van der Waals surface area (Å²) in [6.45, 7) is 3.94. The first kappa shape index (κ1) is 24.3. The van der Waals surface area contributed by atoms with E-state index >= 15 is 0 Å². The van der Waals surface area contributed by atoms with Crippen molar-refractivity contribution >= 4 is 16.0 Å². The summed E-state index contributed by atoms with van der Waals surface area (Å²) in [5.41, 5.74) is 6.65. The molecule has 0 aliphatic rings. The summed E-state index contributed by atoms with van der Waals surface area (Å²) in [4.78, 5) is 15.1. The van der Waals surface area contributed by atoms with Crippen molar-refractivity contribution < 1.29 is 27.2 Å². The van der Waals surface area contributed by atoms with Gasteiger partial charge in [-0.05, 0) is 36.7 Å². The molecule has 1 aromatic carbocycles. The SMILES string of the molecule is CCCCNCc1ccc(Oc2ccc(C(N)=O)cn2)c(OC)c1.CS(=O)(=O)O. The number of nitrogens with two attached hydrogens (primary N) is 1. The largest absolute Gasteiger partial charge is 0.493 e. The summed E-state index contributed by atoms with van der Waals surface area (Å²) in [5.74, 6) is 1.04. The summed E-state index contributed by atoms with van der Waals surface area (Å²) in [7, 11) is -2.07. The molecule has 0 radical (unpaired) electrons. The Kier molecular flexibility index (Phi) is 10.1. The zero-order valence-corrected chi connectivity index (χ0v) is 17.5. The number of nitrogens with one attached hydrogen (secondary N) is 1. The molecule has 0 saturated heterocycles. The van der Waals surface area contributed by atoms with Gasteiger partial charge in [0.15, 0.2) is 11.5 Å². The van der Waals surface area contributed by atoms with Crippen LogP contribution in [-0.4, -0.2) is 43.8 Å². The van der Waals surface area contributed by atoms with Crippen LogP contribution < -0.4 is 20.5 Å². The van der Waals surface area contributed by atoms with Gasteiger partial charge in [0.25, 0.3) is 10.1 Å². The Morgan fingerprint density at radius 3 is 2.45 bits per heavy atom. The van der Waals surface area contributed by atoms with Crippen LogP contribution in [0.2, 0.25) is 0 Å². The van der Waals surface area contributed by atoms with Crippen LogP contribution in [0.5, 0.6) is 17.4 Å². The number of nitrogens with zero attached hydrogens (tertiary/aromatic N) is 1. The van der Waals surface area contributed by atoms with E-state index in [2.05, 4.69) is 17.2 Å². The number of unbranched alkanes of at least 4 members (excludes halogenated alkanes) is 1. The highest BCUT2D eigenvalue weighted by atomic mass is 32.2. The molecule has 1 heterocycles. The highest BCUT2D eigenvalue weighted by Crippen LogP contribution is 2.31. The van der Waals surface area contributed by atoms with E-state index in [1.54, 1.807) is 19.2 Å². The average Bonchev–Trinajstić information content (AvgIpc) is 2.65. The molecule has 0 atom stereocenters. The van der Waals surface area contributed by atoms with Crippen LogP contribution in [0.4, 0.5) is 0 Å². The van der Waals surface area contributed by atoms with Gasteiger partial charge in [-0.1, -0.05) is 19.4 Å². The summed E-state index contributed by atoms with van der Waals surface area (Å²) >= 11 is 0. The van der Waals surface area contributed by atoms with Gasteiger partial charge in [0.1, 0.15) is 0 Å². The van der Waals surface area contributed by atoms with E-state index < -0.39 is 16.0 Å². The van der Waals surface area contributed by atoms with Gasteiger partial charge in [-0.3, -0.25) is 9.35 Å². The first-order valence-corrected chi connectivity index (χ1v) is 10.7. The van der Waals surface area contributed by atoms with Gasteiger partial charge in [-0.25, -0.2) is 4.98 Å². The monoisotopic (exact) mass is 425 g/mol. The Morgan fingerprint density at radius 1 is 1.24 bits per heavy atom. The van der Waals surface area contributed by atoms with E-state index in [1.165, 1.54) is 12.6 Å². The van der Waals surface area contributed by atoms with Crippen molar-refractivity contribution in [2.45, 2.75) is 26.3 Å². The van der Waals surface area contributed by atoms with Crippen molar-refractivity contribution in [3.63, 3.8) is 0 Å². The number of benzene rings is 1. The second-order valence-electron chi connectivity index (χ2n) is 6.10. The summed E-state index contributed by atoms with van der Waals surface area (Å²) in [6, 6.07) is 8.93. The standard InChI is InChI=1S/C18H23N3O3.CH4O3S/c1-3-4-9-20-11-13-5-7-15(16(10-13)23-2)24-17-8-6-14(12-21-17)18(19)22;1-5(2,3)4/h5-8,10,12,20H,3-4,9,11H2,1-2H3,(H2,19,22);1H3,(H,2,3,4). The number of amides is 1. The molecule has 2 aromatic rings. The van der Waals surface area contributed by atoms with Crippen LogP contribution in [0.3, 0.4) is 0 Å². The molecule has 0 bridgehead atoms. The third kappa shape index (κ3) is 10.4. The van der Waals surface area contributed by atoms with Gasteiger partial charge in [-0.2, -0.15) is 8.42 Å². The molecule has 4 N–H and O–H groups in total. The van der Waals surface area contributed by atoms with Crippen LogP contribution >= 0.6 is 0 Å². The lowest BCUT2D eigenvalue weighted by Crippen LogP contribution is -2.14. The van der Waals surface area contributed by atoms with Gasteiger partial charge in [0, 0.05) is 18.8 Å². The molecule has 9 nitrogen and oxygen atoms in total. The normalized spacial score (nSPS) is 10.6. The van der Waals surface area contributed by atoms with E-state index in [4.69, 9.17) is 19.8 Å². The number of hydrogen-bond acceptors (Lipinski definition) is 7. The van der Waals surface area contributed by atoms with Gasteiger partial charge < -0.3 is 20.5 Å². The smallest absolute Gasteiger partial charge is 0.261 e. The minimum absolute atomic E-state index is 0.336. The molecular formula is C19H27N3O6S. The van der Waals surface area contributed by atoms with Gasteiger partial charge in [-0.15, -0.1) is 0 Å². The molecule has 0 fully saturated rings. The Hall–Kier alpha value is -2.69. The Labute approximate surface area is 171 Å². The number of carbonyl (C=O) groups excluding carboxylic acids is 1. The van der Waals surface area contributed by atoms with E-state index in [0.29, 0.717) is 29.2 Å². The number of primary amides is 1. The number of aromatic nitrogens is 1. The highest BCUT2D eigenvalue weighted by Gasteiger charge is 2.09. The highest BCUT2D eigenvalue weighted by molar-refractivity contribution is 7.85. The first-order valence-electron chi connectivity index (χ1n) is 8.87. The summed E-state index contributed by atoms with van der Waals surface area (Å²) < 4.78 is 37.0. The number of hydrogen-bond donors (Lipinski definition) is 3. The lowest BCUT2D eigenvalue weighted by atomic mass is 10.2. The second-order valence-corrected chi connectivity index (χ2v) is 7.57. The first-order chi connectivity index (χ1) is 13.6.